The van der Waals surface area contributed by atoms with Crippen molar-refractivity contribution in [3.8, 4) is 11.3 Å². The van der Waals surface area contributed by atoms with E-state index in [4.69, 9.17) is 0 Å². The fourth-order valence-electron chi connectivity index (χ4n) is 3.63. The molecule has 0 unspecified atom stereocenters. The zero-order valence-electron chi connectivity index (χ0n) is 18.0. The number of pyridine rings is 1. The van der Waals surface area contributed by atoms with E-state index < -0.39 is 12.6 Å². The summed E-state index contributed by atoms with van der Waals surface area (Å²) >= 11 is 0. The summed E-state index contributed by atoms with van der Waals surface area (Å²) in [6, 6.07) is 7.31. The number of carbonyl (C=O) groups is 1. The van der Waals surface area contributed by atoms with Crippen LogP contribution in [-0.2, 0) is 0 Å². The van der Waals surface area contributed by atoms with E-state index in [0.717, 1.165) is 35.2 Å². The third kappa shape index (κ3) is 4.64. The number of hydrogen-bond acceptors (Lipinski definition) is 3. The second-order valence-electron chi connectivity index (χ2n) is 8.56. The number of nitrogens with zero attached hydrogens (tertiary/aromatic N) is 2. The molecule has 0 bridgehead atoms. The number of halogens is 3. The van der Waals surface area contributed by atoms with Crippen molar-refractivity contribution in [1.29, 1.82) is 0 Å². The number of nitrogens with one attached hydrogen (secondary N) is 2. The number of aromatic nitrogens is 2. The number of anilines is 1. The molecule has 0 spiro atoms. The summed E-state index contributed by atoms with van der Waals surface area (Å²) in [5, 5.41) is 5.91. The molecular weight excluding hydrogens is 417 g/mol. The average Bonchev–Trinajstić information content (AvgIpc) is 3.28. The monoisotopic (exact) mass is 442 g/mol. The lowest BCUT2D eigenvalue weighted by Gasteiger charge is -2.14. The minimum absolute atomic E-state index is 0.0858. The molecule has 0 atom stereocenters. The molecule has 8 heteroatoms. The second kappa shape index (κ2) is 8.00. The van der Waals surface area contributed by atoms with Crippen LogP contribution in [0.5, 0.6) is 0 Å². The van der Waals surface area contributed by atoms with Gasteiger partial charge in [-0.2, -0.15) is 13.2 Å². The fraction of sp³-hybridized carbons (Fsp3) is 0.333. The number of hydrogen-bond donors (Lipinski definition) is 2. The van der Waals surface area contributed by atoms with Crippen LogP contribution in [0.4, 0.5) is 18.9 Å². The smallest absolute Gasteiger partial charge is 0.382 e. The molecule has 2 aromatic heterocycles. The maximum atomic E-state index is 12.6. The third-order valence-corrected chi connectivity index (χ3v) is 5.77. The van der Waals surface area contributed by atoms with Crippen molar-refractivity contribution in [2.75, 3.05) is 11.9 Å². The van der Waals surface area contributed by atoms with Gasteiger partial charge in [0.15, 0.2) is 5.65 Å². The van der Waals surface area contributed by atoms with Gasteiger partial charge < -0.3 is 10.6 Å². The van der Waals surface area contributed by atoms with E-state index in [1.54, 1.807) is 24.4 Å². The highest BCUT2D eigenvalue weighted by Crippen LogP contribution is 2.35. The summed E-state index contributed by atoms with van der Waals surface area (Å²) in [7, 11) is 0. The molecule has 0 saturated heterocycles. The van der Waals surface area contributed by atoms with Crippen LogP contribution in [0, 0.1) is 6.92 Å². The van der Waals surface area contributed by atoms with Crippen LogP contribution in [-0.4, -0.2) is 33.6 Å². The zero-order chi connectivity index (χ0) is 23.1. The first-order valence-electron chi connectivity index (χ1n) is 10.5. The van der Waals surface area contributed by atoms with Gasteiger partial charge in [-0.15, -0.1) is 0 Å². The van der Waals surface area contributed by atoms with E-state index in [2.05, 4.69) is 22.2 Å². The molecule has 168 valence electrons. The zero-order valence-corrected chi connectivity index (χ0v) is 18.0. The molecule has 32 heavy (non-hydrogen) atoms. The summed E-state index contributed by atoms with van der Waals surface area (Å²) in [4.78, 5) is 17.0. The lowest BCUT2D eigenvalue weighted by Crippen LogP contribution is -2.34. The van der Waals surface area contributed by atoms with Gasteiger partial charge in [0.1, 0.15) is 0 Å². The highest BCUT2D eigenvalue weighted by molar-refractivity contribution is 5.97. The van der Waals surface area contributed by atoms with E-state index in [1.807, 2.05) is 36.6 Å². The van der Waals surface area contributed by atoms with Crippen molar-refractivity contribution >= 4 is 23.3 Å². The van der Waals surface area contributed by atoms with Crippen molar-refractivity contribution in [2.24, 2.45) is 0 Å². The molecular formula is C24H25F3N4O. The molecule has 1 fully saturated rings. The Bertz CT molecular complexity index is 1190. The maximum absolute atomic E-state index is 12.6. The van der Waals surface area contributed by atoms with E-state index in [9.17, 15) is 18.0 Å². The van der Waals surface area contributed by atoms with Gasteiger partial charge in [0.05, 0.1) is 24.0 Å². The molecule has 1 amide bonds. The minimum atomic E-state index is -4.23. The molecule has 3 aromatic rings. The minimum Gasteiger partial charge on any atom is -0.382 e. The summed E-state index contributed by atoms with van der Waals surface area (Å²) in [6.45, 7) is 7.45. The maximum Gasteiger partial charge on any atom is 0.390 e. The van der Waals surface area contributed by atoms with Gasteiger partial charge in [-0.1, -0.05) is 18.7 Å². The summed E-state index contributed by atoms with van der Waals surface area (Å²) < 4.78 is 39.5. The summed E-state index contributed by atoms with van der Waals surface area (Å²) in [5.41, 5.74) is 4.76. The van der Waals surface area contributed by atoms with Gasteiger partial charge >= 0.3 is 6.18 Å². The van der Waals surface area contributed by atoms with Crippen molar-refractivity contribution in [3.05, 3.63) is 59.9 Å². The largest absolute Gasteiger partial charge is 0.390 e. The number of benzene rings is 1. The predicted molar refractivity (Wildman–Crippen MR) is 120 cm³/mol. The standard InChI is InChI=1S/C24H25F3N4O/c1-4-16-12-19(28-10-9-24(25,26)27)21-29-13-20(31(21)14-16)17-5-6-18(15(2)11-17)22(32)30-23(3)7-8-23/h4-6,11-14,28H,1,7-10H2,2-3H3,(H,30,32). The molecule has 5 nitrogen and oxygen atoms in total. The van der Waals surface area contributed by atoms with Gasteiger partial charge in [-0.05, 0) is 56.0 Å². The fourth-order valence-corrected chi connectivity index (χ4v) is 3.63. The topological polar surface area (TPSA) is 58.4 Å². The van der Waals surface area contributed by atoms with Crippen molar-refractivity contribution in [1.82, 2.24) is 14.7 Å². The quantitative estimate of drug-likeness (QED) is 0.501. The molecule has 0 aliphatic heterocycles. The second-order valence-corrected chi connectivity index (χ2v) is 8.56. The van der Waals surface area contributed by atoms with Crippen LogP contribution in [0.3, 0.4) is 0 Å². The Kier molecular flexibility index (Phi) is 5.48. The van der Waals surface area contributed by atoms with Gasteiger partial charge in [-0.25, -0.2) is 4.98 Å². The van der Waals surface area contributed by atoms with Crippen LogP contribution in [0.1, 0.15) is 47.7 Å². The van der Waals surface area contributed by atoms with Crippen molar-refractivity contribution in [2.45, 2.75) is 44.8 Å². The van der Waals surface area contributed by atoms with Gasteiger partial charge in [0, 0.05) is 29.4 Å². The Balaban J connectivity index is 1.65. The van der Waals surface area contributed by atoms with Gasteiger partial charge in [0.2, 0.25) is 0 Å². The normalized spacial score (nSPS) is 14.9. The Morgan fingerprint density at radius 1 is 1.31 bits per heavy atom. The third-order valence-electron chi connectivity index (χ3n) is 5.77. The summed E-state index contributed by atoms with van der Waals surface area (Å²) in [5.74, 6) is -0.0858. The Labute approximate surface area is 184 Å². The number of carbonyl (C=O) groups excluding carboxylic acids is 1. The number of alkyl halides is 3. The van der Waals surface area contributed by atoms with Crippen LogP contribution >= 0.6 is 0 Å². The highest BCUT2D eigenvalue weighted by Gasteiger charge is 2.39. The molecule has 1 aromatic carbocycles. The highest BCUT2D eigenvalue weighted by atomic mass is 19.4. The van der Waals surface area contributed by atoms with Gasteiger partial charge in [0.25, 0.3) is 5.91 Å². The summed E-state index contributed by atoms with van der Waals surface area (Å²) in [6.07, 6.45) is 1.95. The number of aryl methyl sites for hydroxylation is 1. The van der Waals surface area contributed by atoms with Gasteiger partial charge in [-0.3, -0.25) is 9.20 Å². The lowest BCUT2D eigenvalue weighted by atomic mass is 10.0. The molecule has 4 rings (SSSR count). The molecule has 0 radical (unpaired) electrons. The first kappa shape index (κ1) is 21.9. The lowest BCUT2D eigenvalue weighted by molar-refractivity contribution is -0.131. The van der Waals surface area contributed by atoms with E-state index in [-0.39, 0.29) is 18.0 Å². The van der Waals surface area contributed by atoms with Crippen LogP contribution < -0.4 is 10.6 Å². The first-order chi connectivity index (χ1) is 15.1. The van der Waals surface area contributed by atoms with Crippen molar-refractivity contribution < 1.29 is 18.0 Å². The van der Waals surface area contributed by atoms with Crippen LogP contribution in [0.25, 0.3) is 23.0 Å². The number of imidazole rings is 1. The average molecular weight is 442 g/mol. The Morgan fingerprint density at radius 2 is 2.06 bits per heavy atom. The number of fused-ring (bicyclic) bond motifs is 1. The van der Waals surface area contributed by atoms with E-state index in [0.29, 0.717) is 16.9 Å². The van der Waals surface area contributed by atoms with Crippen LogP contribution in [0.2, 0.25) is 0 Å². The Hall–Kier alpha value is -3.29. The van der Waals surface area contributed by atoms with Crippen LogP contribution in [0.15, 0.2) is 43.2 Å². The predicted octanol–water partition coefficient (Wildman–Crippen LogP) is 5.60. The number of rotatable bonds is 7. The van der Waals surface area contributed by atoms with Crippen molar-refractivity contribution in [3.63, 3.8) is 0 Å². The SMILES string of the molecule is C=Cc1cc(NCCC(F)(F)F)c2ncc(-c3ccc(C(=O)NC4(C)CC4)c(C)c3)n2c1. The molecule has 2 N–H and O–H groups in total. The molecule has 1 saturated carbocycles. The molecule has 1 aliphatic carbocycles. The molecule has 2 heterocycles. The first-order valence-corrected chi connectivity index (χ1v) is 10.5. The van der Waals surface area contributed by atoms with E-state index >= 15 is 0 Å². The Morgan fingerprint density at radius 3 is 2.69 bits per heavy atom. The number of amides is 1. The van der Waals surface area contributed by atoms with E-state index in [1.165, 1.54) is 0 Å². The molecule has 1 aliphatic rings.